The molecule has 43 heavy (non-hydrogen) atoms. The molecule has 233 valence electrons. The molecule has 1 radical (unpaired) electrons. The van der Waals surface area contributed by atoms with E-state index in [0.717, 1.165) is 37.8 Å². The predicted octanol–water partition coefficient (Wildman–Crippen LogP) is 11.0. The second-order valence-corrected chi connectivity index (χ2v) is 14.6. The molecule has 0 bridgehead atoms. The van der Waals surface area contributed by atoms with E-state index in [0.29, 0.717) is 0 Å². The third kappa shape index (κ3) is 7.32. The van der Waals surface area contributed by atoms with Gasteiger partial charge in [-0.1, -0.05) is 97.0 Å². The second-order valence-electron chi connectivity index (χ2n) is 13.4. The van der Waals surface area contributed by atoms with Crippen LogP contribution in [-0.4, -0.2) is 15.9 Å². The van der Waals surface area contributed by atoms with E-state index in [1.54, 1.807) is 0 Å². The standard InChI is InChI=1S/C25H24NS.C13H24O2.Ir/c1-24(2,3)14-20-22-21-19(27-20)10-11-26-23(21)17-12-15-8-6-7-9-16(15)13-18(17)25(22,4)5;1-5-10(6-2)12(14)9-13(15)11(7-3)8-4;/h6-11,13H,14H2,1-5H3;9-11,14H,5-8H2,1-4H3;/q-1;;/b;12-9-;. The van der Waals surface area contributed by atoms with E-state index in [4.69, 9.17) is 4.98 Å². The molecule has 0 saturated carbocycles. The van der Waals surface area contributed by atoms with Crippen LogP contribution in [0.4, 0.5) is 0 Å². The summed E-state index contributed by atoms with van der Waals surface area (Å²) < 4.78 is 1.36. The SMILES string of the molecule is CC(C)(C)Cc1sc2ccnc3c2c1C(C)(C)c1cc2ccccc2[c-]c1-3.CCC(CC)C(=O)/C=C(\O)C(CC)CC.[Ir]. The average Bonchev–Trinajstić information content (AvgIpc) is 3.31. The number of fused-ring (bicyclic) bond motifs is 3. The fraction of sp³-hybridized carbons (Fsp3) is 0.474. The maximum Gasteiger partial charge on any atom is 0.162 e. The molecule has 5 heteroatoms. The van der Waals surface area contributed by atoms with Gasteiger partial charge in [-0.15, -0.1) is 34.9 Å². The molecule has 0 unspecified atom stereocenters. The Morgan fingerprint density at radius 2 is 1.65 bits per heavy atom. The first-order valence-corrected chi connectivity index (χ1v) is 16.5. The van der Waals surface area contributed by atoms with Gasteiger partial charge in [0.25, 0.3) is 0 Å². The number of thiophene rings is 1. The van der Waals surface area contributed by atoms with Gasteiger partial charge in [0.2, 0.25) is 0 Å². The number of aliphatic hydroxyl groups is 1. The van der Waals surface area contributed by atoms with Crippen LogP contribution in [0, 0.1) is 23.3 Å². The van der Waals surface area contributed by atoms with Crippen LogP contribution in [0.1, 0.15) is 104 Å². The molecule has 1 aliphatic carbocycles. The van der Waals surface area contributed by atoms with Crippen LogP contribution in [0.2, 0.25) is 0 Å². The number of allylic oxidation sites excluding steroid dienone is 2. The number of aromatic nitrogens is 1. The van der Waals surface area contributed by atoms with Crippen molar-refractivity contribution >= 4 is 38.0 Å². The molecular weight excluding hydrogens is 727 g/mol. The van der Waals surface area contributed by atoms with Gasteiger partial charge in [0.15, 0.2) is 5.78 Å². The zero-order chi connectivity index (χ0) is 30.8. The van der Waals surface area contributed by atoms with Gasteiger partial charge in [0.1, 0.15) is 0 Å². The van der Waals surface area contributed by atoms with E-state index < -0.39 is 0 Å². The Morgan fingerprint density at radius 3 is 2.26 bits per heavy atom. The maximum absolute atomic E-state index is 11.7. The smallest absolute Gasteiger partial charge is 0.162 e. The zero-order valence-corrected chi connectivity index (χ0v) is 30.6. The minimum atomic E-state index is -0.0509. The molecule has 4 aromatic rings. The fourth-order valence-electron chi connectivity index (χ4n) is 6.31. The van der Waals surface area contributed by atoms with Gasteiger partial charge >= 0.3 is 0 Å². The summed E-state index contributed by atoms with van der Waals surface area (Å²) in [6.07, 6.45) is 7.96. The summed E-state index contributed by atoms with van der Waals surface area (Å²) in [5.41, 5.74) is 5.33. The number of aliphatic hydroxyl groups excluding tert-OH is 1. The van der Waals surface area contributed by atoms with Crippen molar-refractivity contribution < 1.29 is 30.0 Å². The molecule has 0 amide bonds. The van der Waals surface area contributed by atoms with Crippen LogP contribution in [0.3, 0.4) is 0 Å². The first-order chi connectivity index (χ1) is 19.9. The number of pyridine rings is 1. The van der Waals surface area contributed by atoms with Crippen molar-refractivity contribution in [1.82, 2.24) is 4.98 Å². The van der Waals surface area contributed by atoms with Crippen LogP contribution < -0.4 is 0 Å². The monoisotopic (exact) mass is 775 g/mol. The number of benzene rings is 2. The number of carbonyl (C=O) groups is 1. The van der Waals surface area contributed by atoms with Crippen molar-refractivity contribution in [3.63, 3.8) is 0 Å². The molecule has 0 saturated heterocycles. The van der Waals surface area contributed by atoms with Gasteiger partial charge in [0.05, 0.1) is 5.76 Å². The maximum atomic E-state index is 11.7. The Morgan fingerprint density at radius 1 is 1.02 bits per heavy atom. The number of hydrogen-bond acceptors (Lipinski definition) is 4. The Kier molecular flexibility index (Phi) is 11.6. The average molecular weight is 775 g/mol. The molecule has 2 heterocycles. The number of carbonyl (C=O) groups excluding carboxylic acids is 1. The van der Waals surface area contributed by atoms with Gasteiger partial charge in [-0.25, -0.2) is 0 Å². The topological polar surface area (TPSA) is 50.2 Å². The summed E-state index contributed by atoms with van der Waals surface area (Å²) in [5.74, 6) is 0.547. The quantitative estimate of drug-likeness (QED) is 0.110. The van der Waals surface area contributed by atoms with Gasteiger partial charge in [0, 0.05) is 59.5 Å². The first kappa shape index (κ1) is 35.2. The van der Waals surface area contributed by atoms with E-state index in [-0.39, 0.29) is 54.3 Å². The Bertz CT molecular complexity index is 1600. The van der Waals surface area contributed by atoms with E-state index >= 15 is 0 Å². The van der Waals surface area contributed by atoms with Gasteiger partial charge in [-0.05, 0) is 60.0 Å². The third-order valence-electron chi connectivity index (χ3n) is 8.77. The van der Waals surface area contributed by atoms with Crippen molar-refractivity contribution in [2.45, 2.75) is 99.8 Å². The summed E-state index contributed by atoms with van der Waals surface area (Å²) in [6.45, 7) is 19.8. The molecule has 3 nitrogen and oxygen atoms in total. The van der Waals surface area contributed by atoms with Crippen molar-refractivity contribution in [2.75, 3.05) is 0 Å². The summed E-state index contributed by atoms with van der Waals surface area (Å²) in [5, 5.41) is 13.5. The molecule has 1 aliphatic rings. The van der Waals surface area contributed by atoms with E-state index in [1.165, 1.54) is 48.5 Å². The normalized spacial score (nSPS) is 14.0. The molecule has 1 N–H and O–H groups in total. The summed E-state index contributed by atoms with van der Waals surface area (Å²) in [4.78, 5) is 18.1. The van der Waals surface area contributed by atoms with E-state index in [9.17, 15) is 9.90 Å². The first-order valence-electron chi connectivity index (χ1n) is 15.7. The number of ketones is 1. The number of nitrogens with zero attached hydrogens (tertiary/aromatic N) is 1. The fourth-order valence-corrected chi connectivity index (χ4v) is 7.97. The van der Waals surface area contributed by atoms with Crippen LogP contribution >= 0.6 is 11.3 Å². The van der Waals surface area contributed by atoms with Gasteiger partial charge < -0.3 is 5.11 Å². The minimum Gasteiger partial charge on any atom is -0.512 e. The summed E-state index contributed by atoms with van der Waals surface area (Å²) in [7, 11) is 0. The van der Waals surface area contributed by atoms with Crippen molar-refractivity contribution in [3.8, 4) is 11.3 Å². The Hall–Kier alpha value is -2.33. The van der Waals surface area contributed by atoms with E-state index in [2.05, 4.69) is 77.1 Å². The van der Waals surface area contributed by atoms with Gasteiger partial charge in [-0.2, -0.15) is 0 Å². The third-order valence-corrected chi connectivity index (χ3v) is 9.93. The van der Waals surface area contributed by atoms with Crippen LogP contribution in [0.5, 0.6) is 0 Å². The molecule has 5 rings (SSSR count). The Balaban J connectivity index is 0.000000274. The number of rotatable bonds is 8. The molecule has 0 aliphatic heterocycles. The molecule has 0 fully saturated rings. The van der Waals surface area contributed by atoms with E-state index in [1.807, 2.05) is 45.2 Å². The Labute approximate surface area is 276 Å². The van der Waals surface area contributed by atoms with Crippen LogP contribution in [0.25, 0.3) is 32.1 Å². The summed E-state index contributed by atoms with van der Waals surface area (Å²) >= 11 is 1.95. The molecule has 0 atom stereocenters. The number of hydrogen-bond donors (Lipinski definition) is 1. The molecular formula is C38H48IrNO2S-. The second kappa shape index (κ2) is 14.2. The van der Waals surface area contributed by atoms with Crippen LogP contribution in [-0.2, 0) is 36.7 Å². The summed E-state index contributed by atoms with van der Waals surface area (Å²) in [6, 6.07) is 16.8. The minimum absolute atomic E-state index is 0. The largest absolute Gasteiger partial charge is 0.512 e. The van der Waals surface area contributed by atoms with Crippen molar-refractivity contribution in [2.24, 2.45) is 17.3 Å². The molecule has 0 spiro atoms. The van der Waals surface area contributed by atoms with Crippen molar-refractivity contribution in [3.05, 3.63) is 76.5 Å². The predicted molar refractivity (Wildman–Crippen MR) is 181 cm³/mol. The molecule has 2 aromatic heterocycles. The molecule has 2 aromatic carbocycles. The van der Waals surface area contributed by atoms with Crippen LogP contribution in [0.15, 0.2) is 54.4 Å². The van der Waals surface area contributed by atoms with Gasteiger partial charge in [-0.3, -0.25) is 9.78 Å². The van der Waals surface area contributed by atoms with Crippen molar-refractivity contribution in [1.29, 1.82) is 0 Å². The zero-order valence-electron chi connectivity index (χ0n) is 27.4.